The molecule has 0 saturated heterocycles. The Labute approximate surface area is 193 Å². The van der Waals surface area contributed by atoms with Gasteiger partial charge in [-0.2, -0.15) is 0 Å². The zero-order valence-electron chi connectivity index (χ0n) is 17.9. The van der Waals surface area contributed by atoms with E-state index in [4.69, 9.17) is 27.9 Å². The van der Waals surface area contributed by atoms with E-state index in [2.05, 4.69) is 5.32 Å². The van der Waals surface area contributed by atoms with Crippen molar-refractivity contribution < 1.29 is 14.3 Å². The van der Waals surface area contributed by atoms with Crippen molar-refractivity contribution in [2.75, 3.05) is 6.61 Å². The van der Waals surface area contributed by atoms with E-state index in [0.717, 1.165) is 31.2 Å². The highest BCUT2D eigenvalue weighted by molar-refractivity contribution is 6.36. The Morgan fingerprint density at radius 2 is 1.71 bits per heavy atom. The van der Waals surface area contributed by atoms with Crippen LogP contribution in [-0.4, -0.2) is 35.4 Å². The number of ether oxygens (including phenoxy) is 1. The summed E-state index contributed by atoms with van der Waals surface area (Å²) in [5.74, 6) is 0.0992. The van der Waals surface area contributed by atoms with Crippen LogP contribution in [-0.2, 0) is 16.1 Å². The number of nitrogens with one attached hydrogen (secondary N) is 1. The van der Waals surface area contributed by atoms with Crippen molar-refractivity contribution >= 4 is 35.0 Å². The van der Waals surface area contributed by atoms with Gasteiger partial charge in [0.2, 0.25) is 5.91 Å². The lowest BCUT2D eigenvalue weighted by Crippen LogP contribution is -2.50. The van der Waals surface area contributed by atoms with Crippen LogP contribution in [0.25, 0.3) is 0 Å². The van der Waals surface area contributed by atoms with Gasteiger partial charge >= 0.3 is 0 Å². The number of nitrogens with zero attached hydrogens (tertiary/aromatic N) is 1. The van der Waals surface area contributed by atoms with Gasteiger partial charge in [0, 0.05) is 28.2 Å². The second-order valence-corrected chi connectivity index (χ2v) is 8.80. The van der Waals surface area contributed by atoms with Gasteiger partial charge in [0.25, 0.3) is 5.91 Å². The lowest BCUT2D eigenvalue weighted by molar-refractivity contribution is -0.142. The van der Waals surface area contributed by atoms with E-state index >= 15 is 0 Å². The third-order valence-electron chi connectivity index (χ3n) is 5.64. The maximum atomic E-state index is 13.1. The quantitative estimate of drug-likeness (QED) is 0.589. The molecule has 31 heavy (non-hydrogen) atoms. The molecular weight excluding hydrogens is 435 g/mol. The highest BCUT2D eigenvalue weighted by Crippen LogP contribution is 2.27. The second-order valence-electron chi connectivity index (χ2n) is 7.99. The third-order valence-corrected chi connectivity index (χ3v) is 6.35. The van der Waals surface area contributed by atoms with Crippen molar-refractivity contribution in [2.24, 2.45) is 0 Å². The molecule has 0 heterocycles. The first-order valence-electron chi connectivity index (χ1n) is 10.6. The number of benzene rings is 2. The lowest BCUT2D eigenvalue weighted by Gasteiger charge is -2.30. The summed E-state index contributed by atoms with van der Waals surface area (Å²) in [5.41, 5.74) is 1.71. The molecule has 1 saturated carbocycles. The summed E-state index contributed by atoms with van der Waals surface area (Å²) < 4.78 is 5.68. The molecule has 2 aromatic rings. The Morgan fingerprint density at radius 3 is 2.32 bits per heavy atom. The smallest absolute Gasteiger partial charge is 0.261 e. The topological polar surface area (TPSA) is 58.6 Å². The zero-order chi connectivity index (χ0) is 22.4. The van der Waals surface area contributed by atoms with Gasteiger partial charge in [-0.3, -0.25) is 9.59 Å². The highest BCUT2D eigenvalue weighted by Gasteiger charge is 2.29. The summed E-state index contributed by atoms with van der Waals surface area (Å²) in [4.78, 5) is 27.5. The van der Waals surface area contributed by atoms with Gasteiger partial charge in [-0.25, -0.2) is 0 Å². The van der Waals surface area contributed by atoms with E-state index < -0.39 is 6.04 Å². The Balaban J connectivity index is 1.75. The Kier molecular flexibility index (Phi) is 8.22. The van der Waals surface area contributed by atoms with Crippen molar-refractivity contribution in [3.63, 3.8) is 0 Å². The number of hydrogen-bond acceptors (Lipinski definition) is 3. The van der Waals surface area contributed by atoms with Crippen molar-refractivity contribution in [3.8, 4) is 5.75 Å². The van der Waals surface area contributed by atoms with E-state index in [1.807, 2.05) is 31.2 Å². The van der Waals surface area contributed by atoms with Crippen LogP contribution < -0.4 is 10.1 Å². The molecule has 2 aromatic carbocycles. The largest absolute Gasteiger partial charge is 0.484 e. The van der Waals surface area contributed by atoms with E-state index in [0.29, 0.717) is 21.4 Å². The van der Waals surface area contributed by atoms with Crippen LogP contribution in [0.15, 0.2) is 42.5 Å². The van der Waals surface area contributed by atoms with Crippen molar-refractivity contribution in [1.29, 1.82) is 0 Å². The fourth-order valence-corrected chi connectivity index (χ4v) is 4.21. The summed E-state index contributed by atoms with van der Waals surface area (Å²) in [7, 11) is 0. The first kappa shape index (κ1) is 23.4. The molecule has 0 aromatic heterocycles. The Morgan fingerprint density at radius 1 is 1.10 bits per heavy atom. The number of hydrogen-bond donors (Lipinski definition) is 1. The number of aryl methyl sites for hydroxylation is 1. The van der Waals surface area contributed by atoms with Crippen LogP contribution in [0.1, 0.15) is 43.7 Å². The highest BCUT2D eigenvalue weighted by atomic mass is 35.5. The van der Waals surface area contributed by atoms with E-state index in [-0.39, 0.29) is 31.0 Å². The number of carbonyl (C=O) groups excluding carboxylic acids is 2. The van der Waals surface area contributed by atoms with Crippen LogP contribution in [0.3, 0.4) is 0 Å². The molecule has 1 fully saturated rings. The molecule has 0 unspecified atom stereocenters. The van der Waals surface area contributed by atoms with E-state index in [1.54, 1.807) is 25.1 Å². The van der Waals surface area contributed by atoms with Gasteiger partial charge in [0.05, 0.1) is 0 Å². The monoisotopic (exact) mass is 462 g/mol. The molecule has 1 aliphatic carbocycles. The van der Waals surface area contributed by atoms with Gasteiger partial charge in [-0.15, -0.1) is 0 Å². The Hall–Kier alpha value is -2.24. The third kappa shape index (κ3) is 6.37. The standard InChI is InChI=1S/C24H28Cl2N2O3/c1-16-10-12-19(13-11-16)31-15-23(29)28(14-20-21(25)8-5-9-22(20)26)17(2)24(30)27-18-6-3-4-7-18/h5,8-13,17-18H,3-4,6-7,14-15H2,1-2H3,(H,27,30)/t17-/m1/s1. The van der Waals surface area contributed by atoms with Crippen molar-refractivity contribution in [2.45, 2.75) is 58.2 Å². The van der Waals surface area contributed by atoms with Gasteiger partial charge in [-0.1, -0.05) is 59.8 Å². The molecule has 166 valence electrons. The minimum Gasteiger partial charge on any atom is -0.484 e. The maximum absolute atomic E-state index is 13.1. The molecule has 2 amide bonds. The zero-order valence-corrected chi connectivity index (χ0v) is 19.4. The number of halogens is 2. The maximum Gasteiger partial charge on any atom is 0.261 e. The van der Waals surface area contributed by atoms with Crippen LogP contribution in [0.2, 0.25) is 10.0 Å². The van der Waals surface area contributed by atoms with E-state index in [1.165, 1.54) is 4.90 Å². The lowest BCUT2D eigenvalue weighted by atomic mass is 10.1. The molecule has 3 rings (SSSR count). The van der Waals surface area contributed by atoms with Crippen molar-refractivity contribution in [3.05, 3.63) is 63.6 Å². The summed E-state index contributed by atoms with van der Waals surface area (Å²) in [6.07, 6.45) is 4.17. The van der Waals surface area contributed by atoms with Crippen LogP contribution in [0.4, 0.5) is 0 Å². The van der Waals surface area contributed by atoms with E-state index in [9.17, 15) is 9.59 Å². The summed E-state index contributed by atoms with van der Waals surface area (Å²) >= 11 is 12.7. The number of amides is 2. The first-order chi connectivity index (χ1) is 14.8. The molecule has 0 aliphatic heterocycles. The number of carbonyl (C=O) groups is 2. The SMILES string of the molecule is Cc1ccc(OCC(=O)N(Cc2c(Cl)cccc2Cl)[C@H](C)C(=O)NC2CCCC2)cc1. The second kappa shape index (κ2) is 10.9. The van der Waals surface area contributed by atoms with Crippen LogP contribution in [0, 0.1) is 6.92 Å². The van der Waals surface area contributed by atoms with Crippen LogP contribution >= 0.6 is 23.2 Å². The van der Waals surface area contributed by atoms with Crippen LogP contribution in [0.5, 0.6) is 5.75 Å². The molecule has 1 atom stereocenters. The van der Waals surface area contributed by atoms with Gasteiger partial charge in [-0.05, 0) is 51.0 Å². The number of rotatable bonds is 8. The van der Waals surface area contributed by atoms with Gasteiger partial charge < -0.3 is 15.0 Å². The summed E-state index contributed by atoms with van der Waals surface area (Å²) in [5, 5.41) is 3.97. The molecule has 1 aliphatic rings. The molecule has 5 nitrogen and oxygen atoms in total. The first-order valence-corrected chi connectivity index (χ1v) is 11.3. The summed E-state index contributed by atoms with van der Waals surface area (Å²) in [6, 6.07) is 12.1. The predicted molar refractivity (Wildman–Crippen MR) is 124 cm³/mol. The average Bonchev–Trinajstić information content (AvgIpc) is 3.25. The molecule has 0 radical (unpaired) electrons. The molecular formula is C24H28Cl2N2O3. The molecule has 0 spiro atoms. The van der Waals surface area contributed by atoms with Crippen molar-refractivity contribution in [1.82, 2.24) is 10.2 Å². The predicted octanol–water partition coefficient (Wildman–Crippen LogP) is 5.16. The normalized spacial score (nSPS) is 14.8. The minimum atomic E-state index is -0.693. The fourth-order valence-electron chi connectivity index (χ4n) is 3.69. The molecule has 7 heteroatoms. The minimum absolute atomic E-state index is 0.119. The molecule has 0 bridgehead atoms. The summed E-state index contributed by atoms with van der Waals surface area (Å²) in [6.45, 7) is 3.63. The average molecular weight is 463 g/mol. The Bertz CT molecular complexity index is 891. The fraction of sp³-hybridized carbons (Fsp3) is 0.417. The van der Waals surface area contributed by atoms with Gasteiger partial charge in [0.15, 0.2) is 6.61 Å². The molecule has 1 N–H and O–H groups in total. The van der Waals surface area contributed by atoms with Gasteiger partial charge in [0.1, 0.15) is 11.8 Å².